The van der Waals surface area contributed by atoms with E-state index in [9.17, 15) is 9.59 Å². The van der Waals surface area contributed by atoms with E-state index in [1.54, 1.807) is 0 Å². The van der Waals surface area contributed by atoms with Crippen LogP contribution in [0.15, 0.2) is 0 Å². The lowest BCUT2D eigenvalue weighted by atomic mass is 9.77. The van der Waals surface area contributed by atoms with Crippen LogP contribution in [0.3, 0.4) is 0 Å². The maximum Gasteiger partial charge on any atom is 0.440 e. The van der Waals surface area contributed by atoms with Gasteiger partial charge in [0.15, 0.2) is 0 Å². The topological polar surface area (TPSA) is 86.2 Å². The number of imide groups is 1. The Labute approximate surface area is 89.1 Å². The largest absolute Gasteiger partial charge is 0.440 e. The first kappa shape index (κ1) is 11.7. The highest BCUT2D eigenvalue weighted by molar-refractivity contribution is 6.12. The Morgan fingerprint density at radius 3 is 2.53 bits per heavy atom. The average molecular weight is 212 g/mol. The van der Waals surface area contributed by atoms with Crippen molar-refractivity contribution in [2.75, 3.05) is 0 Å². The normalized spacial score (nSPS) is 26.1. The van der Waals surface area contributed by atoms with Gasteiger partial charge < -0.3 is 5.73 Å². The number of amidine groups is 1. The predicted octanol–water partition coefficient (Wildman–Crippen LogP) is -0.739. The molecule has 0 spiro atoms. The summed E-state index contributed by atoms with van der Waals surface area (Å²) in [6.45, 7) is 3.96. The van der Waals surface area contributed by atoms with Crippen molar-refractivity contribution in [3.63, 3.8) is 0 Å². The van der Waals surface area contributed by atoms with Crippen molar-refractivity contribution in [1.29, 1.82) is 0 Å². The summed E-state index contributed by atoms with van der Waals surface area (Å²) in [5.41, 5.74) is 5.05. The molecular weight excluding hydrogens is 194 g/mol. The molecule has 15 heavy (non-hydrogen) atoms. The third-order valence-electron chi connectivity index (χ3n) is 2.99. The highest BCUT2D eigenvalue weighted by atomic mass is 16.2. The van der Waals surface area contributed by atoms with Crippen LogP contribution in [0.5, 0.6) is 0 Å². The number of rotatable bonds is 4. The summed E-state index contributed by atoms with van der Waals surface area (Å²) in [4.78, 5) is 25.3. The average Bonchev–Trinajstić information content (AvgIpc) is 2.17. The van der Waals surface area contributed by atoms with E-state index < -0.39 is 11.4 Å². The zero-order chi connectivity index (χ0) is 11.5. The molecule has 84 valence electrons. The lowest BCUT2D eigenvalue weighted by Gasteiger charge is -2.28. The maximum atomic E-state index is 11.8. The monoisotopic (exact) mass is 212 g/mol. The van der Waals surface area contributed by atoms with Crippen LogP contribution in [-0.4, -0.2) is 17.8 Å². The van der Waals surface area contributed by atoms with E-state index >= 15 is 0 Å². The van der Waals surface area contributed by atoms with E-state index in [2.05, 4.69) is 17.2 Å². The summed E-state index contributed by atoms with van der Waals surface area (Å²) in [6, 6.07) is -0.530. The lowest BCUT2D eigenvalue weighted by Crippen LogP contribution is -2.90. The first-order valence-electron chi connectivity index (χ1n) is 5.32. The number of nitrogens with two attached hydrogens (primary N) is 1. The summed E-state index contributed by atoms with van der Waals surface area (Å²) in [6.07, 6.45) is 3.19. The van der Waals surface area contributed by atoms with E-state index in [1.807, 2.05) is 6.92 Å². The molecule has 0 aromatic carbocycles. The molecule has 0 radical (unpaired) electrons. The van der Waals surface area contributed by atoms with E-state index in [0.717, 1.165) is 12.8 Å². The summed E-state index contributed by atoms with van der Waals surface area (Å²) in [5.74, 6) is 0.00639. The fourth-order valence-electron chi connectivity index (χ4n) is 1.87. The molecule has 5 heteroatoms. The first-order valence-corrected chi connectivity index (χ1v) is 5.32. The van der Waals surface area contributed by atoms with Crippen LogP contribution < -0.4 is 16.0 Å². The van der Waals surface area contributed by atoms with Gasteiger partial charge in [0.1, 0.15) is 5.41 Å². The number of amides is 3. The van der Waals surface area contributed by atoms with Crippen molar-refractivity contribution in [3.05, 3.63) is 0 Å². The van der Waals surface area contributed by atoms with Gasteiger partial charge in [0.2, 0.25) is 5.84 Å². The SMILES string of the molecule is CCCC[C@@]1(CC)C(=O)NC(=O)[NH+]=C1N. The number of nitrogens with one attached hydrogen (secondary N) is 2. The van der Waals surface area contributed by atoms with Crippen molar-refractivity contribution in [2.24, 2.45) is 11.1 Å². The minimum Gasteiger partial charge on any atom is -0.321 e. The van der Waals surface area contributed by atoms with Crippen LogP contribution in [0.4, 0.5) is 4.79 Å². The van der Waals surface area contributed by atoms with Gasteiger partial charge in [-0.3, -0.25) is 4.79 Å². The fourth-order valence-corrected chi connectivity index (χ4v) is 1.87. The molecule has 0 aromatic heterocycles. The number of urea groups is 1. The van der Waals surface area contributed by atoms with Crippen LogP contribution in [0.1, 0.15) is 39.5 Å². The van der Waals surface area contributed by atoms with E-state index in [4.69, 9.17) is 5.73 Å². The minimum absolute atomic E-state index is 0.278. The minimum atomic E-state index is -0.718. The van der Waals surface area contributed by atoms with Crippen molar-refractivity contribution >= 4 is 17.8 Å². The van der Waals surface area contributed by atoms with Crippen LogP contribution in [0.2, 0.25) is 0 Å². The highest BCUT2D eigenvalue weighted by Gasteiger charge is 2.48. The van der Waals surface area contributed by atoms with E-state index in [-0.39, 0.29) is 11.7 Å². The van der Waals surface area contributed by atoms with E-state index in [1.165, 1.54) is 0 Å². The summed E-state index contributed by atoms with van der Waals surface area (Å²) >= 11 is 0. The highest BCUT2D eigenvalue weighted by Crippen LogP contribution is 2.28. The van der Waals surface area contributed by atoms with Gasteiger partial charge in [-0.05, 0) is 12.8 Å². The Morgan fingerprint density at radius 2 is 2.07 bits per heavy atom. The quantitative estimate of drug-likeness (QED) is 0.573. The zero-order valence-corrected chi connectivity index (χ0v) is 9.22. The number of carbonyl (C=O) groups excluding carboxylic acids is 2. The standard InChI is InChI=1S/C10H17N3O2/c1-3-5-6-10(4-2)7(11)12-9(15)13-8(10)14/h3-6H2,1-2H3,(H3,11,12,13,14,15)/p+1/t10-/m1/s1. The van der Waals surface area contributed by atoms with Crippen molar-refractivity contribution in [3.8, 4) is 0 Å². The molecule has 1 rings (SSSR count). The molecule has 0 aromatic rings. The Kier molecular flexibility index (Phi) is 3.44. The second kappa shape index (κ2) is 4.42. The van der Waals surface area contributed by atoms with Gasteiger partial charge in [-0.1, -0.05) is 26.7 Å². The third-order valence-corrected chi connectivity index (χ3v) is 2.99. The van der Waals surface area contributed by atoms with Gasteiger partial charge in [0, 0.05) is 0 Å². The van der Waals surface area contributed by atoms with Crippen LogP contribution in [-0.2, 0) is 4.79 Å². The lowest BCUT2D eigenvalue weighted by molar-refractivity contribution is -0.354. The molecule has 0 bridgehead atoms. The van der Waals surface area contributed by atoms with Crippen molar-refractivity contribution in [2.45, 2.75) is 39.5 Å². The van der Waals surface area contributed by atoms with Crippen LogP contribution >= 0.6 is 0 Å². The molecule has 1 aliphatic heterocycles. The van der Waals surface area contributed by atoms with Crippen LogP contribution in [0.25, 0.3) is 0 Å². The summed E-state index contributed by atoms with van der Waals surface area (Å²) in [7, 11) is 0. The summed E-state index contributed by atoms with van der Waals surface area (Å²) in [5, 5.41) is 2.27. The second-order valence-electron chi connectivity index (χ2n) is 3.86. The second-order valence-corrected chi connectivity index (χ2v) is 3.86. The molecule has 3 amide bonds. The van der Waals surface area contributed by atoms with E-state index in [0.29, 0.717) is 12.8 Å². The Hall–Kier alpha value is -1.39. The first-order chi connectivity index (χ1) is 7.06. The smallest absolute Gasteiger partial charge is 0.321 e. The Morgan fingerprint density at radius 1 is 1.40 bits per heavy atom. The summed E-state index contributed by atoms with van der Waals surface area (Å²) < 4.78 is 0. The Balaban J connectivity index is 2.99. The zero-order valence-electron chi connectivity index (χ0n) is 9.22. The predicted molar refractivity (Wildman–Crippen MR) is 55.9 cm³/mol. The molecule has 1 aliphatic rings. The van der Waals surface area contributed by atoms with Gasteiger partial charge in [-0.25, -0.2) is 15.1 Å². The molecule has 5 nitrogen and oxygen atoms in total. The van der Waals surface area contributed by atoms with Crippen LogP contribution in [0, 0.1) is 5.41 Å². The molecule has 0 aliphatic carbocycles. The number of carbonyl (C=O) groups is 2. The molecule has 0 saturated heterocycles. The third kappa shape index (κ3) is 2.00. The molecule has 1 atom stereocenters. The van der Waals surface area contributed by atoms with Crippen molar-refractivity contribution in [1.82, 2.24) is 5.32 Å². The fraction of sp³-hybridized carbons (Fsp3) is 0.700. The number of unbranched alkanes of at least 4 members (excludes halogenated alkanes) is 1. The number of hydrogen-bond acceptors (Lipinski definition) is 3. The van der Waals surface area contributed by atoms with Gasteiger partial charge in [-0.15, -0.1) is 0 Å². The van der Waals surface area contributed by atoms with Gasteiger partial charge in [0.05, 0.1) is 0 Å². The Bertz CT molecular complexity index is 312. The maximum absolute atomic E-state index is 11.8. The number of hydrogen-bond donors (Lipinski definition) is 3. The van der Waals surface area contributed by atoms with Gasteiger partial charge in [0.25, 0.3) is 5.91 Å². The molecule has 0 fully saturated rings. The molecule has 0 unspecified atom stereocenters. The molecule has 4 N–H and O–H groups in total. The molecule has 1 heterocycles. The van der Waals surface area contributed by atoms with Crippen molar-refractivity contribution < 1.29 is 14.6 Å². The van der Waals surface area contributed by atoms with Gasteiger partial charge in [-0.2, -0.15) is 0 Å². The molecule has 0 saturated carbocycles. The van der Waals surface area contributed by atoms with Gasteiger partial charge >= 0.3 is 6.03 Å². The molecular formula is C10H18N3O2+.